The van der Waals surface area contributed by atoms with Crippen molar-refractivity contribution >= 4 is 0 Å². The highest BCUT2D eigenvalue weighted by atomic mass is 16.5. The van der Waals surface area contributed by atoms with Gasteiger partial charge in [-0.05, 0) is 65.5 Å². The Morgan fingerprint density at radius 2 is 2.10 bits per heavy atom. The summed E-state index contributed by atoms with van der Waals surface area (Å²) in [4.78, 5) is 7.01. The first kappa shape index (κ1) is 15.0. The van der Waals surface area contributed by atoms with Gasteiger partial charge in [0.1, 0.15) is 0 Å². The Balaban J connectivity index is 1.48. The Bertz CT molecular complexity index is 461. The van der Waals surface area contributed by atoms with Gasteiger partial charge in [0.15, 0.2) is 5.82 Å². The summed E-state index contributed by atoms with van der Waals surface area (Å²) >= 11 is 0. The Labute approximate surface area is 127 Å². The molecule has 118 valence electrons. The molecule has 1 atom stereocenters. The summed E-state index contributed by atoms with van der Waals surface area (Å²) < 4.78 is 5.35. The third-order valence-electron chi connectivity index (χ3n) is 4.30. The molecule has 0 amide bonds. The van der Waals surface area contributed by atoms with Gasteiger partial charge >= 0.3 is 0 Å². The largest absolute Gasteiger partial charge is 0.339 e. The summed E-state index contributed by atoms with van der Waals surface area (Å²) in [6.45, 7) is 10.9. The number of nitrogens with zero attached hydrogens (tertiary/aromatic N) is 3. The van der Waals surface area contributed by atoms with Crippen LogP contribution in [0.2, 0.25) is 0 Å². The van der Waals surface area contributed by atoms with Gasteiger partial charge in [-0.1, -0.05) is 5.16 Å². The predicted octanol–water partition coefficient (Wildman–Crippen LogP) is 2.55. The Hall–Kier alpha value is -0.940. The van der Waals surface area contributed by atoms with Crippen LogP contribution in [-0.4, -0.2) is 40.2 Å². The predicted molar refractivity (Wildman–Crippen MR) is 82.0 cm³/mol. The fraction of sp³-hybridized carbons (Fsp3) is 0.875. The van der Waals surface area contributed by atoms with E-state index >= 15 is 0 Å². The molecular weight excluding hydrogens is 264 g/mol. The second-order valence-corrected chi connectivity index (χ2v) is 7.70. The van der Waals surface area contributed by atoms with Crippen molar-refractivity contribution in [3.05, 3.63) is 11.7 Å². The van der Waals surface area contributed by atoms with Crippen molar-refractivity contribution in [2.24, 2.45) is 5.92 Å². The fourth-order valence-corrected chi connectivity index (χ4v) is 2.94. The molecule has 0 aromatic carbocycles. The summed E-state index contributed by atoms with van der Waals surface area (Å²) in [7, 11) is 0. The minimum absolute atomic E-state index is 0.203. The molecule has 0 bridgehead atoms. The van der Waals surface area contributed by atoms with E-state index in [0.29, 0.717) is 5.92 Å². The van der Waals surface area contributed by atoms with Crippen LogP contribution >= 0.6 is 0 Å². The fourth-order valence-electron chi connectivity index (χ4n) is 2.94. The second-order valence-electron chi connectivity index (χ2n) is 7.70. The van der Waals surface area contributed by atoms with Gasteiger partial charge in [0.05, 0.1) is 6.54 Å². The second kappa shape index (κ2) is 6.05. The molecule has 0 spiro atoms. The Kier molecular flexibility index (Phi) is 4.31. The summed E-state index contributed by atoms with van der Waals surface area (Å²) in [5.74, 6) is 3.00. The summed E-state index contributed by atoms with van der Waals surface area (Å²) in [6, 6.07) is 0. The molecule has 5 heteroatoms. The van der Waals surface area contributed by atoms with E-state index in [4.69, 9.17) is 4.52 Å². The van der Waals surface area contributed by atoms with Crippen LogP contribution in [0.4, 0.5) is 0 Å². The zero-order valence-corrected chi connectivity index (χ0v) is 13.6. The molecule has 1 saturated carbocycles. The maximum Gasteiger partial charge on any atom is 0.229 e. The van der Waals surface area contributed by atoms with E-state index < -0.39 is 0 Å². The quantitative estimate of drug-likeness (QED) is 0.904. The number of hydrogen-bond acceptors (Lipinski definition) is 5. The molecule has 1 N–H and O–H groups in total. The molecule has 1 aromatic heterocycles. The molecule has 5 nitrogen and oxygen atoms in total. The number of rotatable bonds is 5. The van der Waals surface area contributed by atoms with Gasteiger partial charge in [-0.15, -0.1) is 0 Å². The molecule has 1 saturated heterocycles. The van der Waals surface area contributed by atoms with Crippen molar-refractivity contribution in [3.63, 3.8) is 0 Å². The molecule has 2 fully saturated rings. The molecule has 21 heavy (non-hydrogen) atoms. The number of aromatic nitrogens is 2. The lowest BCUT2D eigenvalue weighted by Gasteiger charge is -2.33. The van der Waals surface area contributed by atoms with Crippen LogP contribution in [0.1, 0.15) is 64.1 Å². The Morgan fingerprint density at radius 1 is 1.29 bits per heavy atom. The standard InChI is InChI=1S/C16H28N4O/c1-16(2,3)17-9-12-5-4-8-20(10-12)11-14-18-15(21-19-14)13-6-7-13/h12-13,17H,4-11H2,1-3H3. The first-order chi connectivity index (χ1) is 9.99. The van der Waals surface area contributed by atoms with Crippen LogP contribution < -0.4 is 5.32 Å². The van der Waals surface area contributed by atoms with Gasteiger partial charge in [-0.25, -0.2) is 0 Å². The zero-order valence-electron chi connectivity index (χ0n) is 13.6. The van der Waals surface area contributed by atoms with Crippen LogP contribution in [-0.2, 0) is 6.54 Å². The third kappa shape index (κ3) is 4.51. The van der Waals surface area contributed by atoms with E-state index in [9.17, 15) is 0 Å². The molecule has 1 aromatic rings. The van der Waals surface area contributed by atoms with Crippen molar-refractivity contribution in [2.45, 2.75) is 64.5 Å². The number of likely N-dealkylation sites (tertiary alicyclic amines) is 1. The van der Waals surface area contributed by atoms with Crippen molar-refractivity contribution < 1.29 is 4.52 Å². The maximum absolute atomic E-state index is 5.35. The zero-order chi connectivity index (χ0) is 14.9. The highest BCUT2D eigenvalue weighted by Crippen LogP contribution is 2.38. The molecule has 0 radical (unpaired) electrons. The minimum Gasteiger partial charge on any atom is -0.339 e. The van der Waals surface area contributed by atoms with Crippen LogP contribution in [0.5, 0.6) is 0 Å². The van der Waals surface area contributed by atoms with E-state index in [-0.39, 0.29) is 5.54 Å². The molecule has 2 heterocycles. The minimum atomic E-state index is 0.203. The van der Waals surface area contributed by atoms with Gasteiger partial charge in [0, 0.05) is 18.0 Å². The van der Waals surface area contributed by atoms with Crippen LogP contribution in [0.25, 0.3) is 0 Å². The number of hydrogen-bond donors (Lipinski definition) is 1. The normalized spacial score (nSPS) is 24.4. The first-order valence-electron chi connectivity index (χ1n) is 8.29. The van der Waals surface area contributed by atoms with E-state index in [2.05, 4.69) is 41.1 Å². The highest BCUT2D eigenvalue weighted by molar-refractivity contribution is 5.01. The highest BCUT2D eigenvalue weighted by Gasteiger charge is 2.30. The maximum atomic E-state index is 5.35. The Morgan fingerprint density at radius 3 is 2.81 bits per heavy atom. The van der Waals surface area contributed by atoms with E-state index in [1.807, 2.05) is 0 Å². The third-order valence-corrected chi connectivity index (χ3v) is 4.30. The average molecular weight is 292 g/mol. The lowest BCUT2D eigenvalue weighted by atomic mass is 9.96. The monoisotopic (exact) mass is 292 g/mol. The van der Waals surface area contributed by atoms with Crippen molar-refractivity contribution in [1.82, 2.24) is 20.4 Å². The average Bonchev–Trinajstić information content (AvgIpc) is 3.17. The van der Waals surface area contributed by atoms with Crippen LogP contribution in [0, 0.1) is 5.92 Å². The van der Waals surface area contributed by atoms with Crippen molar-refractivity contribution in [2.75, 3.05) is 19.6 Å². The van der Waals surface area contributed by atoms with Crippen molar-refractivity contribution in [1.29, 1.82) is 0 Å². The SMILES string of the molecule is CC(C)(C)NCC1CCCN(Cc2noc(C3CC3)n2)C1. The molecular formula is C16H28N4O. The van der Waals surface area contributed by atoms with E-state index in [1.165, 1.54) is 25.7 Å². The molecule has 1 aliphatic heterocycles. The summed E-state index contributed by atoms with van der Waals surface area (Å²) in [5, 5.41) is 7.77. The van der Waals surface area contributed by atoms with Gasteiger partial charge in [0.25, 0.3) is 0 Å². The van der Waals surface area contributed by atoms with E-state index in [0.717, 1.165) is 43.8 Å². The summed E-state index contributed by atoms with van der Waals surface area (Å²) in [6.07, 6.45) is 5.01. The molecule has 3 rings (SSSR count). The van der Waals surface area contributed by atoms with Crippen LogP contribution in [0.3, 0.4) is 0 Å². The lowest BCUT2D eigenvalue weighted by molar-refractivity contribution is 0.155. The first-order valence-corrected chi connectivity index (χ1v) is 8.29. The number of nitrogens with one attached hydrogen (secondary N) is 1. The van der Waals surface area contributed by atoms with Gasteiger partial charge < -0.3 is 9.84 Å². The van der Waals surface area contributed by atoms with Gasteiger partial charge in [-0.2, -0.15) is 4.98 Å². The molecule has 1 aliphatic carbocycles. The van der Waals surface area contributed by atoms with E-state index in [1.54, 1.807) is 0 Å². The molecule has 2 aliphatic rings. The lowest BCUT2D eigenvalue weighted by Crippen LogP contribution is -2.44. The number of piperidine rings is 1. The molecule has 1 unspecified atom stereocenters. The van der Waals surface area contributed by atoms with Gasteiger partial charge in [0.2, 0.25) is 5.89 Å². The topological polar surface area (TPSA) is 54.2 Å². The van der Waals surface area contributed by atoms with Crippen molar-refractivity contribution in [3.8, 4) is 0 Å². The van der Waals surface area contributed by atoms with Gasteiger partial charge in [-0.3, -0.25) is 4.90 Å². The summed E-state index contributed by atoms with van der Waals surface area (Å²) in [5.41, 5.74) is 0.203. The smallest absolute Gasteiger partial charge is 0.229 e. The van der Waals surface area contributed by atoms with Crippen LogP contribution in [0.15, 0.2) is 4.52 Å².